The van der Waals surface area contributed by atoms with Gasteiger partial charge in [-0.1, -0.05) is 25.2 Å². The molecule has 7 nitrogen and oxygen atoms in total. The fraction of sp³-hybridized carbons (Fsp3) is 0.684. The summed E-state index contributed by atoms with van der Waals surface area (Å²) >= 11 is 0. The summed E-state index contributed by atoms with van der Waals surface area (Å²) in [6.45, 7) is 9.06. The minimum atomic E-state index is -0.224. The molecular formula is C19H34N4O3. The molecular weight excluding hydrogens is 332 g/mol. The van der Waals surface area contributed by atoms with Crippen LogP contribution in [0.3, 0.4) is 0 Å². The minimum Gasteiger partial charge on any atom is -0.377 e. The van der Waals surface area contributed by atoms with Crippen LogP contribution >= 0.6 is 0 Å². The highest BCUT2D eigenvalue weighted by Crippen LogP contribution is 2.14. The maximum absolute atomic E-state index is 12.3. The fourth-order valence-electron chi connectivity index (χ4n) is 2.82. The summed E-state index contributed by atoms with van der Waals surface area (Å²) in [6, 6.07) is -0.308. The van der Waals surface area contributed by atoms with E-state index < -0.39 is 0 Å². The first-order valence-electron chi connectivity index (χ1n) is 9.38. The van der Waals surface area contributed by atoms with Crippen molar-refractivity contribution in [2.75, 3.05) is 19.7 Å². The lowest BCUT2D eigenvalue weighted by Crippen LogP contribution is -2.48. The van der Waals surface area contributed by atoms with Crippen molar-refractivity contribution in [3.05, 3.63) is 23.8 Å². The molecule has 0 fully saturated rings. The maximum Gasteiger partial charge on any atom is 0.315 e. The Labute approximate surface area is 156 Å². The molecule has 0 aromatic rings. The van der Waals surface area contributed by atoms with Gasteiger partial charge < -0.3 is 26.4 Å². The molecule has 148 valence electrons. The van der Waals surface area contributed by atoms with E-state index in [0.717, 1.165) is 18.4 Å². The monoisotopic (exact) mass is 366 g/mol. The Bertz CT molecular complexity index is 519. The Morgan fingerprint density at radius 1 is 1.35 bits per heavy atom. The van der Waals surface area contributed by atoms with Gasteiger partial charge in [0.05, 0.1) is 12.1 Å². The first-order valence-corrected chi connectivity index (χ1v) is 9.38. The van der Waals surface area contributed by atoms with Crippen LogP contribution in [-0.4, -0.2) is 49.8 Å². The topological polar surface area (TPSA) is 105 Å². The number of carbonyl (C=O) groups excluding carboxylic acids is 2. The highest BCUT2D eigenvalue weighted by molar-refractivity contribution is 5.74. The minimum absolute atomic E-state index is 0.0348. The quantitative estimate of drug-likeness (QED) is 0.439. The number of urea groups is 1. The van der Waals surface area contributed by atoms with Crippen molar-refractivity contribution >= 4 is 11.9 Å². The SMILES string of the molecule is CCOC(C)[C@@H](CCCNC(C)=O)NC(=O)NCC1=CC(C)C(N)C=C1. The van der Waals surface area contributed by atoms with Crippen LogP contribution in [-0.2, 0) is 9.53 Å². The van der Waals surface area contributed by atoms with Gasteiger partial charge >= 0.3 is 6.03 Å². The molecule has 0 saturated carbocycles. The van der Waals surface area contributed by atoms with Crippen LogP contribution in [0, 0.1) is 5.92 Å². The van der Waals surface area contributed by atoms with Crippen LogP contribution in [0.15, 0.2) is 23.8 Å². The van der Waals surface area contributed by atoms with Crippen LogP contribution in [0.4, 0.5) is 4.79 Å². The number of hydrogen-bond acceptors (Lipinski definition) is 4. The number of carbonyl (C=O) groups is 2. The molecule has 0 aromatic heterocycles. The molecule has 0 aliphatic heterocycles. The molecule has 4 atom stereocenters. The predicted octanol–water partition coefficient (Wildman–Crippen LogP) is 1.46. The van der Waals surface area contributed by atoms with Crippen molar-refractivity contribution < 1.29 is 14.3 Å². The van der Waals surface area contributed by atoms with Crippen molar-refractivity contribution in [2.24, 2.45) is 11.7 Å². The average Bonchev–Trinajstić information content (AvgIpc) is 2.58. The predicted molar refractivity (Wildman–Crippen MR) is 104 cm³/mol. The molecule has 0 bridgehead atoms. The van der Waals surface area contributed by atoms with Crippen LogP contribution < -0.4 is 21.7 Å². The van der Waals surface area contributed by atoms with E-state index in [4.69, 9.17) is 10.5 Å². The molecule has 5 N–H and O–H groups in total. The van der Waals surface area contributed by atoms with Gasteiger partial charge in [-0.2, -0.15) is 0 Å². The van der Waals surface area contributed by atoms with Gasteiger partial charge in [-0.25, -0.2) is 4.79 Å². The Kier molecular flexibility index (Phi) is 9.98. The van der Waals surface area contributed by atoms with E-state index in [1.54, 1.807) is 0 Å². The first kappa shape index (κ1) is 22.2. The molecule has 0 saturated heterocycles. The zero-order valence-corrected chi connectivity index (χ0v) is 16.4. The largest absolute Gasteiger partial charge is 0.377 e. The van der Waals surface area contributed by atoms with E-state index in [-0.39, 0.29) is 36.0 Å². The highest BCUT2D eigenvalue weighted by atomic mass is 16.5. The zero-order chi connectivity index (χ0) is 19.5. The third-order valence-corrected chi connectivity index (χ3v) is 4.45. The van der Waals surface area contributed by atoms with Gasteiger partial charge in [-0.15, -0.1) is 0 Å². The summed E-state index contributed by atoms with van der Waals surface area (Å²) in [5, 5.41) is 8.64. The average molecular weight is 367 g/mol. The summed E-state index contributed by atoms with van der Waals surface area (Å²) < 4.78 is 5.64. The Balaban J connectivity index is 2.46. The van der Waals surface area contributed by atoms with Gasteiger partial charge in [0, 0.05) is 32.7 Å². The third kappa shape index (κ3) is 8.49. The second kappa shape index (κ2) is 11.7. The highest BCUT2D eigenvalue weighted by Gasteiger charge is 2.20. The van der Waals surface area contributed by atoms with E-state index in [0.29, 0.717) is 19.7 Å². The van der Waals surface area contributed by atoms with Gasteiger partial charge in [-0.3, -0.25) is 4.79 Å². The van der Waals surface area contributed by atoms with Crippen molar-refractivity contribution in [3.63, 3.8) is 0 Å². The van der Waals surface area contributed by atoms with E-state index in [1.165, 1.54) is 6.92 Å². The molecule has 1 rings (SSSR count). The number of nitrogens with one attached hydrogen (secondary N) is 3. The van der Waals surface area contributed by atoms with E-state index >= 15 is 0 Å². The summed E-state index contributed by atoms with van der Waals surface area (Å²) in [5.74, 6) is 0.215. The summed E-state index contributed by atoms with van der Waals surface area (Å²) in [7, 11) is 0. The van der Waals surface area contributed by atoms with E-state index in [9.17, 15) is 9.59 Å². The second-order valence-electron chi connectivity index (χ2n) is 6.76. The van der Waals surface area contributed by atoms with Crippen molar-refractivity contribution in [1.82, 2.24) is 16.0 Å². The number of hydrogen-bond donors (Lipinski definition) is 4. The molecule has 7 heteroatoms. The Hall–Kier alpha value is -1.86. The second-order valence-corrected chi connectivity index (χ2v) is 6.76. The molecule has 0 aromatic carbocycles. The molecule has 0 spiro atoms. The molecule has 1 aliphatic rings. The smallest absolute Gasteiger partial charge is 0.315 e. The van der Waals surface area contributed by atoms with Crippen molar-refractivity contribution in [3.8, 4) is 0 Å². The molecule has 0 heterocycles. The number of ether oxygens (including phenoxy) is 1. The van der Waals surface area contributed by atoms with Gasteiger partial charge in [-0.05, 0) is 38.2 Å². The normalized spacial score (nSPS) is 21.5. The fourth-order valence-corrected chi connectivity index (χ4v) is 2.82. The lowest BCUT2D eigenvalue weighted by molar-refractivity contribution is -0.118. The number of rotatable bonds is 10. The maximum atomic E-state index is 12.3. The summed E-state index contributed by atoms with van der Waals surface area (Å²) in [6.07, 6.45) is 7.39. The van der Waals surface area contributed by atoms with Crippen LogP contribution in [0.1, 0.15) is 40.5 Å². The van der Waals surface area contributed by atoms with Crippen molar-refractivity contribution in [2.45, 2.75) is 58.7 Å². The first-order chi connectivity index (χ1) is 12.3. The van der Waals surface area contributed by atoms with Crippen LogP contribution in [0.25, 0.3) is 0 Å². The van der Waals surface area contributed by atoms with Gasteiger partial charge in [0.15, 0.2) is 0 Å². The van der Waals surface area contributed by atoms with Gasteiger partial charge in [0.25, 0.3) is 0 Å². The molecule has 3 amide bonds. The molecule has 1 aliphatic carbocycles. The molecule has 0 radical (unpaired) electrons. The Morgan fingerprint density at radius 3 is 2.69 bits per heavy atom. The summed E-state index contributed by atoms with van der Waals surface area (Å²) in [4.78, 5) is 23.2. The standard InChI is InChI=1S/C19H34N4O3/c1-5-26-14(3)18(7-6-10-21-15(4)24)23-19(25)22-12-16-8-9-17(20)13(2)11-16/h8-9,11,13-14,17-18H,5-7,10,12,20H2,1-4H3,(H,21,24)(H2,22,23,25)/t13?,14?,17?,18-/m1/s1. The van der Waals surface area contributed by atoms with E-state index in [1.807, 2.05) is 26.0 Å². The third-order valence-electron chi connectivity index (χ3n) is 4.45. The van der Waals surface area contributed by atoms with Crippen LogP contribution in [0.5, 0.6) is 0 Å². The van der Waals surface area contributed by atoms with E-state index in [2.05, 4.69) is 29.0 Å². The number of amides is 3. The lowest BCUT2D eigenvalue weighted by Gasteiger charge is -2.25. The molecule has 3 unspecified atom stereocenters. The zero-order valence-electron chi connectivity index (χ0n) is 16.4. The summed E-state index contributed by atoms with van der Waals surface area (Å²) in [5.41, 5.74) is 6.98. The van der Waals surface area contributed by atoms with Crippen molar-refractivity contribution in [1.29, 1.82) is 0 Å². The number of nitrogens with two attached hydrogens (primary N) is 1. The lowest BCUT2D eigenvalue weighted by atomic mass is 9.94. The van der Waals surface area contributed by atoms with Gasteiger partial charge in [0.1, 0.15) is 0 Å². The van der Waals surface area contributed by atoms with Crippen LogP contribution in [0.2, 0.25) is 0 Å². The molecule has 26 heavy (non-hydrogen) atoms. The Morgan fingerprint density at radius 2 is 2.08 bits per heavy atom. The van der Waals surface area contributed by atoms with Gasteiger partial charge in [0.2, 0.25) is 5.91 Å².